The van der Waals surface area contributed by atoms with Crippen molar-refractivity contribution in [3.8, 4) is 0 Å². The van der Waals surface area contributed by atoms with Gasteiger partial charge in [0.25, 0.3) is 0 Å². The van der Waals surface area contributed by atoms with E-state index in [9.17, 15) is 14.4 Å². The van der Waals surface area contributed by atoms with E-state index in [1.54, 1.807) is 24.3 Å². The van der Waals surface area contributed by atoms with E-state index in [0.29, 0.717) is 32.5 Å². The molecular formula is C17H27N5O4. The molecular weight excluding hydrogens is 338 g/mol. The summed E-state index contributed by atoms with van der Waals surface area (Å²) in [5, 5.41) is 14.4. The fraction of sp³-hybridized carbons (Fsp3) is 0.647. The molecule has 1 aliphatic rings. The maximum absolute atomic E-state index is 12.2. The molecule has 9 heteroatoms. The summed E-state index contributed by atoms with van der Waals surface area (Å²) < 4.78 is 1.96. The van der Waals surface area contributed by atoms with Gasteiger partial charge >= 0.3 is 12.0 Å². The smallest absolute Gasteiger partial charge is 0.317 e. The lowest BCUT2D eigenvalue weighted by Gasteiger charge is -2.31. The Labute approximate surface area is 152 Å². The van der Waals surface area contributed by atoms with Crippen molar-refractivity contribution in [1.29, 1.82) is 0 Å². The van der Waals surface area contributed by atoms with E-state index < -0.39 is 11.9 Å². The van der Waals surface area contributed by atoms with Gasteiger partial charge in [0.05, 0.1) is 12.2 Å². The van der Waals surface area contributed by atoms with Crippen molar-refractivity contribution in [3.63, 3.8) is 0 Å². The van der Waals surface area contributed by atoms with Crippen LogP contribution in [-0.4, -0.2) is 63.6 Å². The third kappa shape index (κ3) is 6.05. The summed E-state index contributed by atoms with van der Waals surface area (Å²) in [4.78, 5) is 40.7. The van der Waals surface area contributed by atoms with E-state index in [1.807, 2.05) is 10.8 Å². The van der Waals surface area contributed by atoms with Crippen molar-refractivity contribution in [1.82, 2.24) is 25.1 Å². The number of carbonyl (C=O) groups excluding carboxylic acids is 2. The van der Waals surface area contributed by atoms with Crippen molar-refractivity contribution >= 4 is 17.9 Å². The van der Waals surface area contributed by atoms with E-state index >= 15 is 0 Å². The zero-order valence-corrected chi connectivity index (χ0v) is 15.1. The number of aliphatic carboxylic acids is 1. The van der Waals surface area contributed by atoms with Gasteiger partial charge in [-0.2, -0.15) is 0 Å². The molecule has 1 aromatic rings. The number of piperidine rings is 1. The number of nitrogens with zero attached hydrogens (tertiary/aromatic N) is 3. The van der Waals surface area contributed by atoms with E-state index in [1.165, 1.54) is 0 Å². The topological polar surface area (TPSA) is 117 Å². The van der Waals surface area contributed by atoms with Gasteiger partial charge in [-0.3, -0.25) is 9.59 Å². The van der Waals surface area contributed by atoms with Crippen LogP contribution in [-0.2, 0) is 16.1 Å². The van der Waals surface area contributed by atoms with E-state index in [0.717, 1.165) is 13.0 Å². The lowest BCUT2D eigenvalue weighted by molar-refractivity contribution is -0.141. The van der Waals surface area contributed by atoms with Gasteiger partial charge in [0.1, 0.15) is 0 Å². The molecule has 0 saturated carbocycles. The van der Waals surface area contributed by atoms with Crippen molar-refractivity contribution in [2.45, 2.75) is 32.7 Å². The van der Waals surface area contributed by atoms with Gasteiger partial charge in [-0.05, 0) is 19.3 Å². The zero-order valence-electron chi connectivity index (χ0n) is 15.1. The zero-order chi connectivity index (χ0) is 18.9. The number of carbonyl (C=O) groups is 3. The van der Waals surface area contributed by atoms with Gasteiger partial charge in [-0.25, -0.2) is 9.78 Å². The van der Waals surface area contributed by atoms with Crippen LogP contribution >= 0.6 is 0 Å². The Kier molecular flexibility index (Phi) is 7.43. The molecule has 1 saturated heterocycles. The van der Waals surface area contributed by atoms with Crippen LogP contribution in [0, 0.1) is 11.8 Å². The van der Waals surface area contributed by atoms with Crippen LogP contribution < -0.4 is 10.6 Å². The number of rotatable bonds is 8. The van der Waals surface area contributed by atoms with Crippen LogP contribution in [0.3, 0.4) is 0 Å². The molecule has 1 fully saturated rings. The minimum absolute atomic E-state index is 0.103. The highest BCUT2D eigenvalue weighted by Gasteiger charge is 2.27. The van der Waals surface area contributed by atoms with Gasteiger partial charge in [0.2, 0.25) is 5.91 Å². The molecule has 1 aliphatic heterocycles. The molecule has 2 rings (SSSR count). The minimum Gasteiger partial charge on any atom is -0.481 e. The summed E-state index contributed by atoms with van der Waals surface area (Å²) in [6.07, 6.45) is 7.36. The lowest BCUT2D eigenvalue weighted by atomic mass is 9.96. The Bertz CT molecular complexity index is 596. The maximum Gasteiger partial charge on any atom is 0.317 e. The first kappa shape index (κ1) is 19.7. The van der Waals surface area contributed by atoms with Crippen LogP contribution in [0.1, 0.15) is 26.2 Å². The Hall–Kier alpha value is -2.58. The summed E-state index contributed by atoms with van der Waals surface area (Å²) in [5.41, 5.74) is 0. The number of likely N-dealkylation sites (tertiary alicyclic amines) is 1. The number of aromatic nitrogens is 2. The summed E-state index contributed by atoms with van der Waals surface area (Å²) in [6.45, 7) is 4.13. The first-order valence-corrected chi connectivity index (χ1v) is 8.96. The molecule has 3 amide bonds. The number of carboxylic acid groups (broad SMARTS) is 1. The number of amides is 3. The normalized spacial score (nSPS) is 16.1. The summed E-state index contributed by atoms with van der Waals surface area (Å²) in [5.74, 6) is -1.82. The van der Waals surface area contributed by atoms with Crippen molar-refractivity contribution in [2.75, 3.05) is 26.2 Å². The summed E-state index contributed by atoms with van der Waals surface area (Å²) in [7, 11) is 0. The second-order valence-corrected chi connectivity index (χ2v) is 6.63. The largest absolute Gasteiger partial charge is 0.481 e. The van der Waals surface area contributed by atoms with E-state index in [2.05, 4.69) is 15.6 Å². The summed E-state index contributed by atoms with van der Waals surface area (Å²) >= 11 is 0. The van der Waals surface area contributed by atoms with E-state index in [-0.39, 0.29) is 24.4 Å². The molecule has 0 aromatic carbocycles. The quantitative estimate of drug-likeness (QED) is 0.581. The third-order valence-electron chi connectivity index (χ3n) is 4.59. The highest BCUT2D eigenvalue weighted by atomic mass is 16.4. The number of urea groups is 1. The second-order valence-electron chi connectivity index (χ2n) is 6.63. The number of carboxylic acids is 1. The molecule has 0 bridgehead atoms. The Balaban J connectivity index is 1.61. The van der Waals surface area contributed by atoms with Crippen molar-refractivity contribution in [3.05, 3.63) is 18.7 Å². The number of hydrogen-bond donors (Lipinski definition) is 3. The van der Waals surface area contributed by atoms with Gasteiger partial charge in [0.15, 0.2) is 0 Å². The predicted octanol–water partition coefficient (Wildman–Crippen LogP) is 0.532. The maximum atomic E-state index is 12.2. The number of hydrogen-bond acceptors (Lipinski definition) is 4. The van der Waals surface area contributed by atoms with Crippen LogP contribution in [0.2, 0.25) is 0 Å². The predicted molar refractivity (Wildman–Crippen MR) is 94.3 cm³/mol. The van der Waals surface area contributed by atoms with Crippen LogP contribution in [0.15, 0.2) is 18.7 Å². The monoisotopic (exact) mass is 365 g/mol. The van der Waals surface area contributed by atoms with Crippen LogP contribution in [0.25, 0.3) is 0 Å². The standard InChI is InChI=1S/C17H27N5O4/c1-13(16(24)25)11-20-15(23)14-3-8-22(9-4-14)17(26)19-5-2-7-21-10-6-18-12-21/h6,10,12-14H,2-5,7-9,11H2,1H3,(H,19,26)(H,20,23)(H,24,25)/t13-/m0/s1. The van der Waals surface area contributed by atoms with Crippen molar-refractivity contribution in [2.24, 2.45) is 11.8 Å². The van der Waals surface area contributed by atoms with Crippen molar-refractivity contribution < 1.29 is 19.5 Å². The van der Waals surface area contributed by atoms with Gasteiger partial charge in [-0.1, -0.05) is 6.92 Å². The second kappa shape index (κ2) is 9.79. The number of aryl methyl sites for hydroxylation is 1. The molecule has 3 N–H and O–H groups in total. The Morgan fingerprint density at radius 1 is 1.27 bits per heavy atom. The molecule has 0 aliphatic carbocycles. The molecule has 1 atom stereocenters. The average Bonchev–Trinajstić information content (AvgIpc) is 3.16. The molecule has 1 aromatic heterocycles. The summed E-state index contributed by atoms with van der Waals surface area (Å²) in [6, 6.07) is -0.103. The molecule has 144 valence electrons. The average molecular weight is 365 g/mol. The fourth-order valence-electron chi connectivity index (χ4n) is 2.82. The van der Waals surface area contributed by atoms with Gasteiger partial charge < -0.3 is 25.2 Å². The van der Waals surface area contributed by atoms with Crippen LogP contribution in [0.5, 0.6) is 0 Å². The van der Waals surface area contributed by atoms with Gasteiger partial charge in [0, 0.05) is 51.0 Å². The number of nitrogens with one attached hydrogen (secondary N) is 2. The van der Waals surface area contributed by atoms with Crippen LogP contribution in [0.4, 0.5) is 4.79 Å². The molecule has 2 heterocycles. The number of imidazole rings is 1. The Morgan fingerprint density at radius 2 is 2.00 bits per heavy atom. The molecule has 0 unspecified atom stereocenters. The minimum atomic E-state index is -0.926. The molecule has 9 nitrogen and oxygen atoms in total. The molecule has 26 heavy (non-hydrogen) atoms. The van der Waals surface area contributed by atoms with Gasteiger partial charge in [-0.15, -0.1) is 0 Å². The first-order valence-electron chi connectivity index (χ1n) is 8.96. The SMILES string of the molecule is C[C@@H](CNC(=O)C1CCN(C(=O)NCCCn2ccnc2)CC1)C(=O)O. The molecule has 0 spiro atoms. The van der Waals surface area contributed by atoms with E-state index in [4.69, 9.17) is 5.11 Å². The lowest BCUT2D eigenvalue weighted by Crippen LogP contribution is -2.47. The highest BCUT2D eigenvalue weighted by molar-refractivity contribution is 5.80. The highest BCUT2D eigenvalue weighted by Crippen LogP contribution is 2.17. The fourth-order valence-corrected chi connectivity index (χ4v) is 2.82. The first-order chi connectivity index (χ1) is 12.5. The third-order valence-corrected chi connectivity index (χ3v) is 4.59. The molecule has 0 radical (unpaired) electrons. The Morgan fingerprint density at radius 3 is 2.62 bits per heavy atom.